The summed E-state index contributed by atoms with van der Waals surface area (Å²) in [7, 11) is 0. The number of nitrogens with zero attached hydrogens (tertiary/aromatic N) is 3. The second-order valence-corrected chi connectivity index (χ2v) is 7.59. The van der Waals surface area contributed by atoms with Crippen LogP contribution in [0.5, 0.6) is 0 Å². The fourth-order valence-corrected chi connectivity index (χ4v) is 4.30. The van der Waals surface area contributed by atoms with Gasteiger partial charge in [-0.1, -0.05) is 6.07 Å². The van der Waals surface area contributed by atoms with Crippen molar-refractivity contribution in [2.24, 2.45) is 0 Å². The Hall–Kier alpha value is -2.31. The van der Waals surface area contributed by atoms with E-state index in [1.807, 2.05) is 28.5 Å². The summed E-state index contributed by atoms with van der Waals surface area (Å²) in [5.74, 6) is 0.0613. The van der Waals surface area contributed by atoms with Gasteiger partial charge in [-0.15, -0.1) is 11.3 Å². The van der Waals surface area contributed by atoms with Crippen LogP contribution in [0.25, 0.3) is 17.3 Å². The van der Waals surface area contributed by atoms with Crippen LogP contribution < -0.4 is 0 Å². The molecule has 6 heteroatoms. The summed E-state index contributed by atoms with van der Waals surface area (Å²) in [6.07, 6.45) is 6.77. The van der Waals surface area contributed by atoms with Gasteiger partial charge >= 0.3 is 0 Å². The van der Waals surface area contributed by atoms with Gasteiger partial charge in [-0.3, -0.25) is 4.79 Å². The van der Waals surface area contributed by atoms with Gasteiger partial charge < -0.3 is 4.90 Å². The van der Waals surface area contributed by atoms with Crippen molar-refractivity contribution in [3.05, 3.63) is 62.9 Å². The Morgan fingerprint density at radius 1 is 1.16 bits per heavy atom. The second kappa shape index (κ2) is 7.29. The number of thiophene rings is 2. The molecule has 0 saturated carbocycles. The molecule has 1 aliphatic heterocycles. The normalized spacial score (nSPS) is 14.5. The lowest BCUT2D eigenvalue weighted by Crippen LogP contribution is -2.31. The molecule has 1 amide bonds. The zero-order valence-corrected chi connectivity index (χ0v) is 15.2. The van der Waals surface area contributed by atoms with Crippen molar-refractivity contribution >= 4 is 34.7 Å². The lowest BCUT2D eigenvalue weighted by molar-refractivity contribution is -0.125. The molecule has 1 aliphatic rings. The molecule has 0 saturated heterocycles. The smallest absolute Gasteiger partial charge is 0.246 e. The van der Waals surface area contributed by atoms with Crippen LogP contribution in [0.4, 0.5) is 0 Å². The zero-order valence-electron chi connectivity index (χ0n) is 13.6. The molecule has 0 bridgehead atoms. The predicted molar refractivity (Wildman–Crippen MR) is 103 cm³/mol. The van der Waals surface area contributed by atoms with E-state index in [2.05, 4.69) is 26.8 Å². The fraction of sp³-hybridized carbons (Fsp3) is 0.211. The van der Waals surface area contributed by atoms with Crippen molar-refractivity contribution in [3.63, 3.8) is 0 Å². The third kappa shape index (κ3) is 3.55. The highest BCUT2D eigenvalue weighted by Gasteiger charge is 2.21. The third-order valence-electron chi connectivity index (χ3n) is 4.32. The number of fused-ring (bicyclic) bond motifs is 1. The number of amides is 1. The maximum absolute atomic E-state index is 12.5. The summed E-state index contributed by atoms with van der Waals surface area (Å²) in [4.78, 5) is 24.5. The predicted octanol–water partition coefficient (Wildman–Crippen LogP) is 3.91. The highest BCUT2D eigenvalue weighted by Crippen LogP contribution is 2.27. The van der Waals surface area contributed by atoms with Crippen LogP contribution in [0.2, 0.25) is 0 Å². The molecule has 3 aromatic heterocycles. The van der Waals surface area contributed by atoms with Crippen LogP contribution in [0, 0.1) is 0 Å². The molecule has 0 aliphatic carbocycles. The number of hydrogen-bond acceptors (Lipinski definition) is 5. The second-order valence-electron chi connectivity index (χ2n) is 5.83. The molecule has 0 aromatic carbocycles. The zero-order chi connectivity index (χ0) is 17.1. The van der Waals surface area contributed by atoms with E-state index >= 15 is 0 Å². The average molecular weight is 367 g/mol. The Kier molecular flexibility index (Phi) is 4.72. The number of rotatable bonds is 3. The minimum atomic E-state index is 0.0613. The summed E-state index contributed by atoms with van der Waals surface area (Å²) < 4.78 is 0. The Morgan fingerprint density at radius 3 is 2.88 bits per heavy atom. The monoisotopic (exact) mass is 367 g/mol. The molecule has 4 nitrogen and oxygen atoms in total. The fourth-order valence-electron chi connectivity index (χ4n) is 3.04. The van der Waals surface area contributed by atoms with Gasteiger partial charge in [-0.05, 0) is 35.4 Å². The van der Waals surface area contributed by atoms with Crippen molar-refractivity contribution in [2.75, 3.05) is 13.1 Å². The van der Waals surface area contributed by atoms with Crippen LogP contribution in [-0.2, 0) is 17.6 Å². The Labute approximate surface area is 154 Å². The van der Waals surface area contributed by atoms with Gasteiger partial charge in [-0.25, -0.2) is 9.97 Å². The molecule has 0 spiro atoms. The molecule has 25 heavy (non-hydrogen) atoms. The van der Waals surface area contributed by atoms with Gasteiger partial charge in [0.2, 0.25) is 5.91 Å². The van der Waals surface area contributed by atoms with Gasteiger partial charge in [-0.2, -0.15) is 11.3 Å². The largest absolute Gasteiger partial charge is 0.338 e. The molecule has 0 fully saturated rings. The number of carbonyl (C=O) groups is 1. The Bertz CT molecular complexity index is 886. The first-order valence-electron chi connectivity index (χ1n) is 8.17. The van der Waals surface area contributed by atoms with Crippen molar-refractivity contribution in [3.8, 4) is 11.3 Å². The minimum Gasteiger partial charge on any atom is -0.338 e. The van der Waals surface area contributed by atoms with E-state index in [1.54, 1.807) is 35.1 Å². The molecule has 126 valence electrons. The van der Waals surface area contributed by atoms with E-state index in [-0.39, 0.29) is 5.91 Å². The van der Waals surface area contributed by atoms with Gasteiger partial charge in [0, 0.05) is 52.7 Å². The van der Waals surface area contributed by atoms with E-state index in [9.17, 15) is 4.79 Å². The summed E-state index contributed by atoms with van der Waals surface area (Å²) in [5.41, 5.74) is 4.39. The standard InChI is InChI=1S/C19H17N3OS2/c23-18(4-3-15-2-1-10-25-15)22-8-5-16-17(6-9-22)20-13-21-19(16)14-7-11-24-12-14/h1-4,7,10-13H,5-6,8-9H2/b4-3+. The number of hydrogen-bond donors (Lipinski definition) is 0. The Morgan fingerprint density at radius 2 is 2.08 bits per heavy atom. The van der Waals surface area contributed by atoms with E-state index in [0.29, 0.717) is 13.1 Å². The first-order chi connectivity index (χ1) is 12.3. The van der Waals surface area contributed by atoms with Gasteiger partial charge in [0.05, 0.1) is 5.69 Å². The van der Waals surface area contributed by atoms with Crippen molar-refractivity contribution in [2.45, 2.75) is 12.8 Å². The first kappa shape index (κ1) is 16.2. The summed E-state index contributed by atoms with van der Waals surface area (Å²) >= 11 is 3.30. The van der Waals surface area contributed by atoms with E-state index in [4.69, 9.17) is 0 Å². The number of carbonyl (C=O) groups excluding carboxylic acids is 1. The highest BCUT2D eigenvalue weighted by molar-refractivity contribution is 7.10. The SMILES string of the molecule is O=C(/C=C/c1cccs1)N1CCc2ncnc(-c3ccsc3)c2CC1. The quantitative estimate of drug-likeness (QED) is 0.660. The summed E-state index contributed by atoms with van der Waals surface area (Å²) in [6, 6.07) is 6.09. The van der Waals surface area contributed by atoms with Crippen molar-refractivity contribution in [1.82, 2.24) is 14.9 Å². The third-order valence-corrected chi connectivity index (χ3v) is 5.85. The summed E-state index contributed by atoms with van der Waals surface area (Å²) in [5, 5.41) is 6.18. The van der Waals surface area contributed by atoms with Crippen molar-refractivity contribution < 1.29 is 4.79 Å². The van der Waals surface area contributed by atoms with Crippen LogP contribution >= 0.6 is 22.7 Å². The van der Waals surface area contributed by atoms with E-state index in [0.717, 1.165) is 34.7 Å². The molecule has 0 N–H and O–H groups in total. The van der Waals surface area contributed by atoms with Crippen LogP contribution in [0.15, 0.2) is 46.7 Å². The highest BCUT2D eigenvalue weighted by atomic mass is 32.1. The molecular weight excluding hydrogens is 350 g/mol. The molecule has 0 radical (unpaired) electrons. The molecule has 4 rings (SSSR count). The molecular formula is C19H17N3OS2. The van der Waals surface area contributed by atoms with Crippen molar-refractivity contribution in [1.29, 1.82) is 0 Å². The van der Waals surface area contributed by atoms with Gasteiger partial charge in [0.25, 0.3) is 0 Å². The maximum atomic E-state index is 12.5. The molecule has 0 unspecified atom stereocenters. The molecule has 0 atom stereocenters. The van der Waals surface area contributed by atoms with E-state index < -0.39 is 0 Å². The van der Waals surface area contributed by atoms with Gasteiger partial charge in [0.1, 0.15) is 6.33 Å². The Balaban J connectivity index is 1.52. The lowest BCUT2D eigenvalue weighted by Gasteiger charge is -2.18. The molecule has 4 heterocycles. The van der Waals surface area contributed by atoms with Crippen LogP contribution in [0.3, 0.4) is 0 Å². The van der Waals surface area contributed by atoms with Crippen LogP contribution in [-0.4, -0.2) is 33.9 Å². The minimum absolute atomic E-state index is 0.0613. The van der Waals surface area contributed by atoms with Crippen LogP contribution in [0.1, 0.15) is 16.1 Å². The topological polar surface area (TPSA) is 46.1 Å². The molecule has 3 aromatic rings. The number of aromatic nitrogens is 2. The lowest BCUT2D eigenvalue weighted by atomic mass is 10.0. The van der Waals surface area contributed by atoms with Gasteiger partial charge in [0.15, 0.2) is 0 Å². The average Bonchev–Trinajstić information content (AvgIpc) is 3.30. The van der Waals surface area contributed by atoms with E-state index in [1.165, 1.54) is 5.56 Å². The summed E-state index contributed by atoms with van der Waals surface area (Å²) in [6.45, 7) is 1.39. The maximum Gasteiger partial charge on any atom is 0.246 e. The first-order valence-corrected chi connectivity index (χ1v) is 9.99.